The van der Waals surface area contributed by atoms with Crippen LogP contribution in [0.5, 0.6) is 0 Å². The van der Waals surface area contributed by atoms with Crippen LogP contribution in [-0.2, 0) is 18.7 Å². The second kappa shape index (κ2) is 27.8. The van der Waals surface area contributed by atoms with Crippen molar-refractivity contribution in [3.63, 3.8) is 0 Å². The molecule has 0 bridgehead atoms. The van der Waals surface area contributed by atoms with Crippen molar-refractivity contribution in [1.82, 2.24) is 0 Å². The first kappa shape index (κ1) is 65.7. The number of aliphatic hydroxyl groups excluding tert-OH is 2. The Morgan fingerprint density at radius 2 is 0.900 bits per heavy atom. The zero-order chi connectivity index (χ0) is 51.5. The predicted molar refractivity (Wildman–Crippen MR) is 266 cm³/mol. The number of aryl methyl sites for hydroxylation is 2. The Morgan fingerprint density at radius 1 is 0.600 bits per heavy atom. The summed E-state index contributed by atoms with van der Waals surface area (Å²) in [5, 5.41) is 41.2. The SMILES string of the molecule is CCC1(CC)CC(c2ccc(F)c(C)c2)=C(C=CP(=O)(O)C[C@@H](O)CC(=O)[O-])C(CC)(CC)C1.CCC1(CC)CC(c2ccc(F)c(C)c2)=C(C=CP(=O)(O)C[C@@H](O)CC(=O)[O-])C(CC)(CC)C1.[Li+].[Li+]. The van der Waals surface area contributed by atoms with Gasteiger partial charge in [0.2, 0.25) is 14.7 Å². The molecule has 2 aromatic rings. The van der Waals surface area contributed by atoms with Gasteiger partial charge in [-0.25, -0.2) is 8.78 Å². The number of aliphatic hydroxyl groups is 2. The molecule has 2 aromatic carbocycles. The average Bonchev–Trinajstić information content (AvgIpc) is 3.28. The molecule has 380 valence electrons. The van der Waals surface area contributed by atoms with E-state index in [1.807, 2.05) is 12.1 Å². The number of hydrogen-bond donors (Lipinski definition) is 4. The maximum Gasteiger partial charge on any atom is 1.00 e. The quantitative estimate of drug-likeness (QED) is 0.0904. The largest absolute Gasteiger partial charge is 1.00 e. The van der Waals surface area contributed by atoms with Gasteiger partial charge in [-0.2, -0.15) is 0 Å². The molecule has 0 amide bonds. The number of halogens is 2. The monoisotopic (exact) mass is 1000 g/mol. The van der Waals surface area contributed by atoms with Gasteiger partial charge in [0.05, 0.1) is 24.5 Å². The molecule has 0 spiro atoms. The number of aliphatic carboxylic acids is 2. The van der Waals surface area contributed by atoms with Gasteiger partial charge in [-0.1, -0.05) is 105 Å². The van der Waals surface area contributed by atoms with E-state index < -0.39 is 64.0 Å². The molecule has 2 unspecified atom stereocenters. The number of hydrogen-bond acceptors (Lipinski definition) is 8. The number of benzene rings is 2. The molecule has 0 fully saturated rings. The molecule has 70 heavy (non-hydrogen) atoms. The van der Waals surface area contributed by atoms with Crippen LogP contribution in [-0.4, -0.2) is 56.5 Å². The van der Waals surface area contributed by atoms with Crippen molar-refractivity contribution in [3.05, 3.63) is 105 Å². The summed E-state index contributed by atoms with van der Waals surface area (Å²) in [7, 11) is -7.89. The summed E-state index contributed by atoms with van der Waals surface area (Å²) < 4.78 is 53.8. The van der Waals surface area contributed by atoms with E-state index in [9.17, 15) is 57.7 Å². The fourth-order valence-corrected chi connectivity index (χ4v) is 13.4. The van der Waals surface area contributed by atoms with Gasteiger partial charge in [-0.3, -0.25) is 9.13 Å². The third-order valence-electron chi connectivity index (χ3n) is 15.7. The van der Waals surface area contributed by atoms with Crippen LogP contribution in [0.4, 0.5) is 8.78 Å². The van der Waals surface area contributed by atoms with Crippen LogP contribution >= 0.6 is 14.7 Å². The molecule has 0 saturated heterocycles. The summed E-state index contributed by atoms with van der Waals surface area (Å²) in [5.74, 6) is -0.995. The molecule has 0 heterocycles. The second-order valence-corrected chi connectivity index (χ2v) is 24.1. The maximum absolute atomic E-state index is 14.1. The van der Waals surface area contributed by atoms with Crippen LogP contribution in [0, 0.1) is 47.1 Å². The molecule has 2 aliphatic carbocycles. The molecule has 16 heteroatoms. The molecule has 0 aliphatic heterocycles. The van der Waals surface area contributed by atoms with Gasteiger partial charge >= 0.3 is 37.7 Å². The summed E-state index contributed by atoms with van der Waals surface area (Å²) in [6.45, 7) is 20.8. The van der Waals surface area contributed by atoms with E-state index in [0.717, 1.165) is 110 Å². The smallest absolute Gasteiger partial charge is 0.550 e. The van der Waals surface area contributed by atoms with Crippen LogP contribution in [0.2, 0.25) is 0 Å². The Hall–Kier alpha value is -2.31. The molecular weight excluding hydrogens is 922 g/mol. The molecule has 4 atom stereocenters. The summed E-state index contributed by atoms with van der Waals surface area (Å²) in [5.41, 5.74) is 6.73. The molecule has 4 N–H and O–H groups in total. The normalized spacial score (nSPS) is 19.8. The first-order valence-corrected chi connectivity index (χ1v) is 28.3. The number of rotatable bonds is 22. The van der Waals surface area contributed by atoms with Crippen LogP contribution in [0.3, 0.4) is 0 Å². The zero-order valence-electron chi connectivity index (χ0n) is 44.1. The van der Waals surface area contributed by atoms with Crippen molar-refractivity contribution in [2.24, 2.45) is 21.7 Å². The summed E-state index contributed by atoms with van der Waals surface area (Å²) >= 11 is 0. The summed E-state index contributed by atoms with van der Waals surface area (Å²) in [6.07, 6.45) is 8.89. The number of carboxylic acids is 2. The van der Waals surface area contributed by atoms with Crippen molar-refractivity contribution >= 4 is 37.8 Å². The van der Waals surface area contributed by atoms with E-state index in [4.69, 9.17) is 0 Å². The molecule has 0 saturated carbocycles. The van der Waals surface area contributed by atoms with E-state index in [-0.39, 0.29) is 71.0 Å². The standard InChI is InChI=1S/2C27H40FO5P.2Li/c2*1-6-26(7-2)16-22(20-10-11-24(28)19(5)14-20)23(27(8-3,9-4)18-26)12-13-34(32,33)17-21(29)15-25(30)31;;/h2*10-14,21,29H,6-9,15-18H2,1-5H3,(H,30,31)(H,32,33);;/q;;2*+1/p-2/t2*21-;;/m00../s1. The Balaban J connectivity index is 0.000000681. The van der Waals surface area contributed by atoms with Crippen LogP contribution < -0.4 is 47.9 Å². The summed E-state index contributed by atoms with van der Waals surface area (Å²) in [4.78, 5) is 42.5. The maximum atomic E-state index is 14.1. The minimum atomic E-state index is -3.95. The molecule has 0 radical (unpaired) electrons. The number of carboxylic acid groups (broad SMARTS) is 2. The van der Waals surface area contributed by atoms with E-state index in [1.54, 1.807) is 38.1 Å². The zero-order valence-corrected chi connectivity index (χ0v) is 45.9. The predicted octanol–water partition coefficient (Wildman–Crippen LogP) is 5.17. The van der Waals surface area contributed by atoms with Crippen molar-refractivity contribution in [2.75, 3.05) is 12.3 Å². The minimum Gasteiger partial charge on any atom is -0.550 e. The van der Waals surface area contributed by atoms with E-state index in [0.29, 0.717) is 11.1 Å². The fraction of sp³-hybridized carbons (Fsp3) is 0.593. The van der Waals surface area contributed by atoms with Crippen molar-refractivity contribution in [2.45, 2.75) is 171 Å². The van der Waals surface area contributed by atoms with Crippen LogP contribution in [0.15, 0.2) is 71.3 Å². The molecule has 4 rings (SSSR count). The van der Waals surface area contributed by atoms with Gasteiger partial charge < -0.3 is 39.8 Å². The van der Waals surface area contributed by atoms with Gasteiger partial charge in [0.25, 0.3) is 0 Å². The Bertz CT molecular complexity index is 2150. The first-order valence-electron chi connectivity index (χ1n) is 24.5. The van der Waals surface area contributed by atoms with Crippen molar-refractivity contribution < 1.29 is 95.4 Å². The second-order valence-electron chi connectivity index (χ2n) is 19.8. The Morgan fingerprint density at radius 3 is 1.14 bits per heavy atom. The molecule has 2 aliphatic rings. The van der Waals surface area contributed by atoms with Gasteiger partial charge in [0, 0.05) is 36.4 Å². The molecular formula is C54H78F2Li2O10P2. The van der Waals surface area contributed by atoms with Crippen molar-refractivity contribution in [1.29, 1.82) is 0 Å². The summed E-state index contributed by atoms with van der Waals surface area (Å²) in [6, 6.07) is 10.2. The first-order chi connectivity index (χ1) is 31.7. The fourth-order valence-electron chi connectivity index (χ4n) is 10.9. The van der Waals surface area contributed by atoms with E-state index in [2.05, 4.69) is 55.4 Å². The Kier molecular flexibility index (Phi) is 26.1. The molecule has 10 nitrogen and oxygen atoms in total. The molecule has 0 aromatic heterocycles. The van der Waals surface area contributed by atoms with E-state index >= 15 is 0 Å². The number of carbonyl (C=O) groups is 2. The topological polar surface area (TPSA) is 195 Å². The van der Waals surface area contributed by atoms with Gasteiger partial charge in [0.1, 0.15) is 11.6 Å². The van der Waals surface area contributed by atoms with Crippen LogP contribution in [0.25, 0.3) is 11.1 Å². The van der Waals surface area contributed by atoms with Gasteiger partial charge in [-0.15, -0.1) is 0 Å². The Labute approximate surface area is 441 Å². The van der Waals surface area contributed by atoms with Gasteiger partial charge in [-0.05, 0) is 156 Å². The number of carbonyl (C=O) groups excluding carboxylic acids is 2. The number of allylic oxidation sites excluding steroid dienone is 6. The van der Waals surface area contributed by atoms with Gasteiger partial charge in [0.15, 0.2) is 0 Å². The van der Waals surface area contributed by atoms with E-state index in [1.165, 1.54) is 23.8 Å². The average molecular weight is 1000 g/mol. The third kappa shape index (κ3) is 16.9. The van der Waals surface area contributed by atoms with Crippen molar-refractivity contribution in [3.8, 4) is 0 Å². The minimum absolute atomic E-state index is 0. The van der Waals surface area contributed by atoms with Crippen LogP contribution in [0.1, 0.15) is 168 Å². The third-order valence-corrected chi connectivity index (χ3v) is 18.9.